The van der Waals surface area contributed by atoms with Crippen molar-refractivity contribution in [1.82, 2.24) is 0 Å². The zero-order valence-electron chi connectivity index (χ0n) is 14.3. The van der Waals surface area contributed by atoms with Crippen LogP contribution in [0.4, 0.5) is 0 Å². The molecule has 0 spiro atoms. The zero-order valence-corrected chi connectivity index (χ0v) is 15.9. The van der Waals surface area contributed by atoms with Crippen molar-refractivity contribution < 1.29 is 10.2 Å². The highest BCUT2D eigenvalue weighted by molar-refractivity contribution is 9.10. The standard InChI is InChI=1S/C20H27BrO2/c1-5-6-7-8-14-11-17(22)18(20(23)19(14)21)16-10-13(4)9-15(16)12(2)3/h10-11,15-16,22-23H,2,5-9H2,1,3-4H3/t15-,16+/m0/s1. The van der Waals surface area contributed by atoms with Crippen LogP contribution in [0.5, 0.6) is 11.5 Å². The predicted octanol–water partition coefficient (Wildman–Crippen LogP) is 6.22. The van der Waals surface area contributed by atoms with E-state index in [4.69, 9.17) is 0 Å². The predicted molar refractivity (Wildman–Crippen MR) is 100 cm³/mol. The molecule has 126 valence electrons. The number of aromatic hydroxyl groups is 2. The molecule has 0 amide bonds. The highest BCUT2D eigenvalue weighted by atomic mass is 79.9. The Bertz CT molecular complexity index is 631. The van der Waals surface area contributed by atoms with Gasteiger partial charge >= 0.3 is 0 Å². The summed E-state index contributed by atoms with van der Waals surface area (Å²) in [5.74, 6) is 0.608. The summed E-state index contributed by atoms with van der Waals surface area (Å²) in [4.78, 5) is 0. The van der Waals surface area contributed by atoms with Crippen LogP contribution in [-0.4, -0.2) is 10.2 Å². The fourth-order valence-corrected chi connectivity index (χ4v) is 4.03. The SMILES string of the molecule is C=C(C)[C@@H]1CC(C)=C[C@H]1c1c(O)cc(CCCCC)c(Br)c1O. The second-order valence-electron chi connectivity index (χ2n) is 6.78. The highest BCUT2D eigenvalue weighted by Gasteiger charge is 2.32. The number of benzene rings is 1. The Balaban J connectivity index is 2.40. The van der Waals surface area contributed by atoms with Crippen molar-refractivity contribution in [3.63, 3.8) is 0 Å². The molecule has 0 heterocycles. The second-order valence-corrected chi connectivity index (χ2v) is 7.58. The summed E-state index contributed by atoms with van der Waals surface area (Å²) in [5.41, 5.74) is 3.97. The lowest BCUT2D eigenvalue weighted by molar-refractivity contribution is 0.420. The number of rotatable bonds is 6. The molecular weight excluding hydrogens is 352 g/mol. The summed E-state index contributed by atoms with van der Waals surface area (Å²) in [5, 5.41) is 21.3. The van der Waals surface area contributed by atoms with Gasteiger partial charge in [0.15, 0.2) is 0 Å². The van der Waals surface area contributed by atoms with Gasteiger partial charge in [0, 0.05) is 11.5 Å². The summed E-state index contributed by atoms with van der Waals surface area (Å²) in [6, 6.07) is 1.81. The average molecular weight is 379 g/mol. The van der Waals surface area contributed by atoms with Crippen LogP contribution in [0.3, 0.4) is 0 Å². The van der Waals surface area contributed by atoms with E-state index in [1.807, 2.05) is 13.0 Å². The summed E-state index contributed by atoms with van der Waals surface area (Å²) in [7, 11) is 0. The van der Waals surface area contributed by atoms with Gasteiger partial charge < -0.3 is 10.2 Å². The van der Waals surface area contributed by atoms with Gasteiger partial charge in [-0.05, 0) is 66.6 Å². The van der Waals surface area contributed by atoms with Gasteiger partial charge in [-0.1, -0.05) is 43.6 Å². The third-order valence-corrected chi connectivity index (χ3v) is 5.67. The number of phenolic OH excluding ortho intramolecular Hbond substituents is 2. The molecule has 0 aromatic heterocycles. The average Bonchev–Trinajstić information content (AvgIpc) is 2.86. The third-order valence-electron chi connectivity index (χ3n) is 4.79. The minimum atomic E-state index is -0.00603. The van der Waals surface area contributed by atoms with E-state index < -0.39 is 0 Å². The minimum absolute atomic E-state index is 0.00603. The van der Waals surface area contributed by atoms with Gasteiger partial charge in [0.05, 0.1) is 4.47 Å². The van der Waals surface area contributed by atoms with Crippen LogP contribution in [0.25, 0.3) is 0 Å². The first-order valence-electron chi connectivity index (χ1n) is 8.42. The Morgan fingerprint density at radius 2 is 2.04 bits per heavy atom. The van der Waals surface area contributed by atoms with Gasteiger partial charge in [0.25, 0.3) is 0 Å². The van der Waals surface area contributed by atoms with Gasteiger partial charge in [-0.25, -0.2) is 0 Å². The molecule has 23 heavy (non-hydrogen) atoms. The Hall–Kier alpha value is -1.22. The topological polar surface area (TPSA) is 40.5 Å². The van der Waals surface area contributed by atoms with Crippen LogP contribution < -0.4 is 0 Å². The first-order valence-corrected chi connectivity index (χ1v) is 9.22. The number of phenols is 2. The molecule has 1 aromatic rings. The molecule has 2 nitrogen and oxygen atoms in total. The maximum Gasteiger partial charge on any atom is 0.137 e. The van der Waals surface area contributed by atoms with Gasteiger partial charge in [0.1, 0.15) is 11.5 Å². The fourth-order valence-electron chi connectivity index (χ4n) is 3.50. The molecule has 0 saturated heterocycles. The molecule has 2 N–H and O–H groups in total. The van der Waals surface area contributed by atoms with E-state index in [0.29, 0.717) is 5.56 Å². The lowest BCUT2D eigenvalue weighted by Gasteiger charge is -2.23. The van der Waals surface area contributed by atoms with E-state index in [2.05, 4.69) is 42.4 Å². The van der Waals surface area contributed by atoms with Crippen LogP contribution in [0, 0.1) is 5.92 Å². The number of aryl methyl sites for hydroxylation is 1. The molecule has 1 aliphatic carbocycles. The summed E-state index contributed by atoms with van der Waals surface area (Å²) >= 11 is 3.53. The molecule has 0 unspecified atom stereocenters. The summed E-state index contributed by atoms with van der Waals surface area (Å²) < 4.78 is 0.722. The van der Waals surface area contributed by atoms with Gasteiger partial charge in [0.2, 0.25) is 0 Å². The molecule has 0 saturated carbocycles. The fraction of sp³-hybridized carbons (Fsp3) is 0.500. The van der Waals surface area contributed by atoms with Gasteiger partial charge in [-0.15, -0.1) is 0 Å². The molecule has 3 heteroatoms. The Morgan fingerprint density at radius 3 is 2.65 bits per heavy atom. The van der Waals surface area contributed by atoms with Crippen LogP contribution >= 0.6 is 15.9 Å². The van der Waals surface area contributed by atoms with Crippen molar-refractivity contribution in [3.8, 4) is 11.5 Å². The van der Waals surface area contributed by atoms with E-state index in [9.17, 15) is 10.2 Å². The number of allylic oxidation sites excluding steroid dienone is 3. The monoisotopic (exact) mass is 378 g/mol. The lowest BCUT2D eigenvalue weighted by atomic mass is 9.83. The van der Waals surface area contributed by atoms with E-state index in [1.165, 1.54) is 5.57 Å². The molecule has 1 aliphatic rings. The van der Waals surface area contributed by atoms with Crippen molar-refractivity contribution in [3.05, 3.63) is 45.5 Å². The van der Waals surface area contributed by atoms with Crippen molar-refractivity contribution in [2.24, 2.45) is 5.92 Å². The Kier molecular flexibility index (Phi) is 5.96. The van der Waals surface area contributed by atoms with Crippen LogP contribution in [0.15, 0.2) is 34.3 Å². The van der Waals surface area contributed by atoms with E-state index in [-0.39, 0.29) is 23.3 Å². The quantitative estimate of drug-likeness (QED) is 0.455. The molecule has 0 fully saturated rings. The Labute approximate surface area is 148 Å². The summed E-state index contributed by atoms with van der Waals surface area (Å²) in [6.45, 7) is 10.4. The highest BCUT2D eigenvalue weighted by Crippen LogP contribution is 2.50. The first kappa shape index (κ1) is 18.1. The maximum atomic E-state index is 10.7. The lowest BCUT2D eigenvalue weighted by Crippen LogP contribution is -2.09. The normalized spacial score (nSPS) is 20.6. The summed E-state index contributed by atoms with van der Waals surface area (Å²) in [6.07, 6.45) is 7.31. The number of hydrogen-bond acceptors (Lipinski definition) is 2. The number of hydrogen-bond donors (Lipinski definition) is 2. The Morgan fingerprint density at radius 1 is 1.35 bits per heavy atom. The number of unbranched alkanes of at least 4 members (excludes halogenated alkanes) is 2. The van der Waals surface area contributed by atoms with Crippen LogP contribution in [-0.2, 0) is 6.42 Å². The van der Waals surface area contributed by atoms with E-state index in [1.54, 1.807) is 0 Å². The van der Waals surface area contributed by atoms with E-state index in [0.717, 1.165) is 47.7 Å². The third kappa shape index (κ3) is 3.82. The molecule has 1 aromatic carbocycles. The van der Waals surface area contributed by atoms with Gasteiger partial charge in [-0.3, -0.25) is 0 Å². The van der Waals surface area contributed by atoms with E-state index >= 15 is 0 Å². The van der Waals surface area contributed by atoms with Crippen LogP contribution in [0.1, 0.15) is 63.5 Å². The molecule has 0 aliphatic heterocycles. The van der Waals surface area contributed by atoms with Crippen molar-refractivity contribution in [1.29, 1.82) is 0 Å². The molecule has 2 rings (SSSR count). The molecule has 2 atom stereocenters. The van der Waals surface area contributed by atoms with Crippen molar-refractivity contribution in [2.45, 2.75) is 58.8 Å². The number of halogens is 1. The molecule has 0 radical (unpaired) electrons. The molecular formula is C20H27BrO2. The van der Waals surface area contributed by atoms with Gasteiger partial charge in [-0.2, -0.15) is 0 Å². The van der Waals surface area contributed by atoms with Crippen LogP contribution in [0.2, 0.25) is 0 Å². The smallest absolute Gasteiger partial charge is 0.137 e. The maximum absolute atomic E-state index is 10.7. The first-order chi connectivity index (χ1) is 10.9. The zero-order chi connectivity index (χ0) is 17.1. The largest absolute Gasteiger partial charge is 0.507 e. The minimum Gasteiger partial charge on any atom is -0.507 e. The second kappa shape index (κ2) is 7.57. The molecule has 0 bridgehead atoms. The van der Waals surface area contributed by atoms with Crippen molar-refractivity contribution >= 4 is 15.9 Å². The van der Waals surface area contributed by atoms with Crippen molar-refractivity contribution in [2.75, 3.05) is 0 Å².